The predicted molar refractivity (Wildman–Crippen MR) is 120 cm³/mol. The molecule has 0 unspecified atom stereocenters. The van der Waals surface area contributed by atoms with E-state index in [0.717, 1.165) is 6.08 Å². The fourth-order valence-corrected chi connectivity index (χ4v) is 4.70. The summed E-state index contributed by atoms with van der Waals surface area (Å²) in [6, 6.07) is 8.59. The van der Waals surface area contributed by atoms with Gasteiger partial charge in [-0.25, -0.2) is 8.42 Å². The first-order valence-electron chi connectivity index (χ1n) is 10.1. The Kier molecular flexibility index (Phi) is 8.42. The number of sulfonamides is 1. The zero-order chi connectivity index (χ0) is 24.7. The quantitative estimate of drug-likeness (QED) is 0.530. The lowest BCUT2D eigenvalue weighted by Crippen LogP contribution is -2.40. The van der Waals surface area contributed by atoms with Crippen LogP contribution in [0.3, 0.4) is 0 Å². The van der Waals surface area contributed by atoms with Gasteiger partial charge in [0, 0.05) is 24.7 Å². The van der Waals surface area contributed by atoms with Gasteiger partial charge < -0.3 is 24.3 Å². The highest BCUT2D eigenvalue weighted by atomic mass is 32.2. The molecule has 0 aliphatic carbocycles. The molecule has 2 aromatic carbocycles. The number of amides is 1. The second kappa shape index (κ2) is 11.3. The molecule has 0 aromatic heterocycles. The molecular weight excluding hydrogens is 474 g/mol. The van der Waals surface area contributed by atoms with E-state index in [1.165, 1.54) is 54.9 Å². The minimum absolute atomic E-state index is 0.0186. The number of carbonyl (C=O) groups is 1. The lowest BCUT2D eigenvalue weighted by atomic mass is 10.1. The molecule has 0 saturated carbocycles. The van der Waals surface area contributed by atoms with E-state index in [0.29, 0.717) is 13.2 Å². The number of hydrogen-bond acceptors (Lipinski definition) is 7. The molecule has 1 aliphatic heterocycles. The number of anilines is 1. The fraction of sp³-hybridized carbons (Fsp3) is 0.318. The molecule has 184 valence electrons. The topological polar surface area (TPSA) is 103 Å². The smallest absolute Gasteiger partial charge is 0.387 e. The number of alkyl halides is 2. The first kappa shape index (κ1) is 25.4. The van der Waals surface area contributed by atoms with Gasteiger partial charge in [0.1, 0.15) is 5.75 Å². The number of para-hydroxylation sites is 1. The van der Waals surface area contributed by atoms with Crippen LogP contribution in [0.2, 0.25) is 0 Å². The van der Waals surface area contributed by atoms with Crippen molar-refractivity contribution in [1.29, 1.82) is 0 Å². The predicted octanol–water partition coefficient (Wildman–Crippen LogP) is 2.98. The van der Waals surface area contributed by atoms with Crippen LogP contribution in [0.5, 0.6) is 17.2 Å². The third kappa shape index (κ3) is 6.01. The molecule has 0 spiro atoms. The Labute approximate surface area is 195 Å². The number of benzene rings is 2. The van der Waals surface area contributed by atoms with Gasteiger partial charge in [-0.15, -0.1) is 0 Å². The first-order chi connectivity index (χ1) is 16.3. The maximum Gasteiger partial charge on any atom is 0.387 e. The van der Waals surface area contributed by atoms with E-state index in [1.54, 1.807) is 6.07 Å². The van der Waals surface area contributed by atoms with E-state index < -0.39 is 22.5 Å². The largest absolute Gasteiger partial charge is 0.495 e. The number of nitrogens with zero attached hydrogens (tertiary/aromatic N) is 1. The van der Waals surface area contributed by atoms with E-state index in [-0.39, 0.29) is 46.5 Å². The molecule has 1 aliphatic rings. The average molecular weight is 499 g/mol. The molecule has 1 N–H and O–H groups in total. The van der Waals surface area contributed by atoms with Gasteiger partial charge in [-0.1, -0.05) is 12.1 Å². The maximum atomic E-state index is 12.9. The second-order valence-corrected chi connectivity index (χ2v) is 8.90. The van der Waals surface area contributed by atoms with Crippen LogP contribution in [0.15, 0.2) is 47.4 Å². The molecule has 1 saturated heterocycles. The van der Waals surface area contributed by atoms with Crippen LogP contribution >= 0.6 is 0 Å². The Morgan fingerprint density at radius 2 is 1.82 bits per heavy atom. The Bertz CT molecular complexity index is 1150. The van der Waals surface area contributed by atoms with Crippen molar-refractivity contribution >= 4 is 27.7 Å². The van der Waals surface area contributed by atoms with Crippen molar-refractivity contribution in [2.24, 2.45) is 0 Å². The Hall–Kier alpha value is -3.22. The number of carbonyl (C=O) groups excluding carboxylic acids is 1. The van der Waals surface area contributed by atoms with E-state index in [2.05, 4.69) is 10.1 Å². The minimum atomic E-state index is -3.80. The van der Waals surface area contributed by atoms with Gasteiger partial charge >= 0.3 is 6.61 Å². The zero-order valence-corrected chi connectivity index (χ0v) is 19.3. The number of halogens is 2. The van der Waals surface area contributed by atoms with Crippen molar-refractivity contribution in [3.05, 3.63) is 48.0 Å². The summed E-state index contributed by atoms with van der Waals surface area (Å²) >= 11 is 0. The summed E-state index contributed by atoms with van der Waals surface area (Å²) in [5.41, 5.74) is 0.312. The normalized spacial score (nSPS) is 14.9. The Balaban J connectivity index is 1.83. The minimum Gasteiger partial charge on any atom is -0.495 e. The highest BCUT2D eigenvalue weighted by molar-refractivity contribution is 7.89. The maximum absolute atomic E-state index is 12.9. The lowest BCUT2D eigenvalue weighted by Gasteiger charge is -2.26. The molecule has 0 radical (unpaired) electrons. The molecule has 12 heteroatoms. The summed E-state index contributed by atoms with van der Waals surface area (Å²) in [4.78, 5) is 12.5. The van der Waals surface area contributed by atoms with Gasteiger partial charge in [0.2, 0.25) is 15.9 Å². The van der Waals surface area contributed by atoms with E-state index in [4.69, 9.17) is 14.2 Å². The van der Waals surface area contributed by atoms with Crippen molar-refractivity contribution in [3.63, 3.8) is 0 Å². The average Bonchev–Trinajstić information content (AvgIpc) is 2.83. The number of morpholine rings is 1. The third-order valence-corrected chi connectivity index (χ3v) is 6.78. The molecular formula is C22H24F2N2O7S. The van der Waals surface area contributed by atoms with Crippen molar-refractivity contribution in [3.8, 4) is 17.2 Å². The van der Waals surface area contributed by atoms with Gasteiger partial charge in [-0.05, 0) is 30.3 Å². The summed E-state index contributed by atoms with van der Waals surface area (Å²) in [6.45, 7) is -2.04. The van der Waals surface area contributed by atoms with Crippen LogP contribution in [0.25, 0.3) is 6.08 Å². The van der Waals surface area contributed by atoms with Crippen LogP contribution in [0.1, 0.15) is 5.56 Å². The van der Waals surface area contributed by atoms with Gasteiger partial charge in [-0.3, -0.25) is 4.79 Å². The van der Waals surface area contributed by atoms with E-state index in [1.807, 2.05) is 0 Å². The van der Waals surface area contributed by atoms with Crippen LogP contribution in [-0.4, -0.2) is 65.8 Å². The molecule has 2 aromatic rings. The van der Waals surface area contributed by atoms with Gasteiger partial charge in [-0.2, -0.15) is 13.1 Å². The summed E-state index contributed by atoms with van der Waals surface area (Å²) in [7, 11) is -1.12. The van der Waals surface area contributed by atoms with E-state index in [9.17, 15) is 22.0 Å². The van der Waals surface area contributed by atoms with Gasteiger partial charge in [0.05, 0.1) is 38.0 Å². The van der Waals surface area contributed by atoms with Crippen LogP contribution in [-0.2, 0) is 19.6 Å². The van der Waals surface area contributed by atoms with Crippen molar-refractivity contribution < 1.29 is 40.9 Å². The van der Waals surface area contributed by atoms with Crippen LogP contribution < -0.4 is 19.5 Å². The number of methoxy groups -OCH3 is 2. The fourth-order valence-electron chi connectivity index (χ4n) is 3.26. The Morgan fingerprint density at radius 3 is 2.47 bits per heavy atom. The Morgan fingerprint density at radius 1 is 1.12 bits per heavy atom. The molecule has 0 bridgehead atoms. The molecule has 0 atom stereocenters. The number of rotatable bonds is 9. The molecule has 1 fully saturated rings. The highest BCUT2D eigenvalue weighted by Crippen LogP contribution is 2.33. The molecule has 1 heterocycles. The number of ether oxygens (including phenoxy) is 4. The van der Waals surface area contributed by atoms with E-state index >= 15 is 0 Å². The van der Waals surface area contributed by atoms with Crippen molar-refractivity contribution in [2.75, 3.05) is 45.8 Å². The van der Waals surface area contributed by atoms with Crippen LogP contribution in [0, 0.1) is 0 Å². The SMILES string of the molecule is COc1ccc(S(=O)(=O)N2CCOCC2)cc1NC(=O)/C=C/c1cccc(OC)c1OC(F)F. The third-order valence-electron chi connectivity index (χ3n) is 4.89. The van der Waals surface area contributed by atoms with Crippen LogP contribution in [0.4, 0.5) is 14.5 Å². The summed E-state index contributed by atoms with van der Waals surface area (Å²) in [5.74, 6) is -0.554. The van der Waals surface area contributed by atoms with Gasteiger partial charge in [0.15, 0.2) is 11.5 Å². The molecule has 34 heavy (non-hydrogen) atoms. The summed E-state index contributed by atoms with van der Waals surface area (Å²) < 4.78 is 72.8. The van der Waals surface area contributed by atoms with Gasteiger partial charge in [0.25, 0.3) is 0 Å². The number of nitrogens with one attached hydrogen (secondary N) is 1. The molecule has 1 amide bonds. The first-order valence-corrected chi connectivity index (χ1v) is 11.6. The highest BCUT2D eigenvalue weighted by Gasteiger charge is 2.27. The molecule has 9 nitrogen and oxygen atoms in total. The summed E-state index contributed by atoms with van der Waals surface area (Å²) in [6.07, 6.45) is 2.37. The van der Waals surface area contributed by atoms with Crippen molar-refractivity contribution in [2.45, 2.75) is 11.5 Å². The monoisotopic (exact) mass is 498 g/mol. The second-order valence-electron chi connectivity index (χ2n) is 6.96. The lowest BCUT2D eigenvalue weighted by molar-refractivity contribution is -0.111. The zero-order valence-electron chi connectivity index (χ0n) is 18.5. The summed E-state index contributed by atoms with van der Waals surface area (Å²) in [5, 5.41) is 2.56. The number of hydrogen-bond donors (Lipinski definition) is 1. The molecule has 3 rings (SSSR count). The standard InChI is InChI=1S/C22H24F2N2O7S/c1-30-18-8-7-16(34(28,29)26-10-12-32-13-11-26)14-17(18)25-20(27)9-6-15-4-3-5-19(31-2)21(15)33-22(23)24/h3-9,14,22H,10-13H2,1-2H3,(H,25,27)/b9-6+. The van der Waals surface area contributed by atoms with Crippen molar-refractivity contribution in [1.82, 2.24) is 4.31 Å².